The van der Waals surface area contributed by atoms with Gasteiger partial charge in [-0.1, -0.05) is 18.0 Å². The number of rotatable bonds is 3. The van der Waals surface area contributed by atoms with Crippen LogP contribution in [0.3, 0.4) is 0 Å². The largest absolute Gasteiger partial charge is 0.382 e. The summed E-state index contributed by atoms with van der Waals surface area (Å²) in [6.45, 7) is 0.770. The molecule has 3 N–H and O–H groups in total. The average molecular weight is 304 g/mol. The summed E-state index contributed by atoms with van der Waals surface area (Å²) in [6, 6.07) is 6.45. The number of nitrogens with one attached hydrogen (secondary N) is 1. The predicted molar refractivity (Wildman–Crippen MR) is 73.0 cm³/mol. The summed E-state index contributed by atoms with van der Waals surface area (Å²) in [5, 5.41) is 4.28. The third-order valence-corrected chi connectivity index (χ3v) is 4.45. The first-order chi connectivity index (χ1) is 7.70. The molecule has 1 aliphatic rings. The van der Waals surface area contributed by atoms with Crippen molar-refractivity contribution >= 4 is 33.2 Å². The minimum Gasteiger partial charge on any atom is -0.382 e. The Morgan fingerprint density at radius 1 is 1.44 bits per heavy atom. The Morgan fingerprint density at radius 2 is 2.25 bits per heavy atom. The van der Waals surface area contributed by atoms with Crippen LogP contribution < -0.4 is 11.1 Å². The van der Waals surface area contributed by atoms with E-state index >= 15 is 0 Å². The molecule has 0 amide bonds. The molecular formula is C12H16BrClN2. The van der Waals surface area contributed by atoms with E-state index in [-0.39, 0.29) is 0 Å². The Kier molecular flexibility index (Phi) is 4.11. The molecule has 0 radical (unpaired) electrons. The number of nitrogens with two attached hydrogens (primary N) is 1. The fourth-order valence-corrected chi connectivity index (χ4v) is 2.81. The van der Waals surface area contributed by atoms with Gasteiger partial charge in [0.1, 0.15) is 0 Å². The molecule has 4 heteroatoms. The first-order valence-corrected chi connectivity index (χ1v) is 6.79. The molecule has 0 heterocycles. The van der Waals surface area contributed by atoms with Gasteiger partial charge in [0.25, 0.3) is 0 Å². The van der Waals surface area contributed by atoms with Crippen molar-refractivity contribution in [3.05, 3.63) is 27.7 Å². The Bertz CT molecular complexity index is 370. The van der Waals surface area contributed by atoms with E-state index in [4.69, 9.17) is 17.3 Å². The van der Waals surface area contributed by atoms with Crippen LogP contribution in [-0.2, 0) is 0 Å². The molecule has 2 unspecified atom stereocenters. The Morgan fingerprint density at radius 3 is 2.94 bits per heavy atom. The lowest BCUT2D eigenvalue weighted by molar-refractivity contribution is 0.516. The number of halogens is 2. The summed E-state index contributed by atoms with van der Waals surface area (Å²) in [7, 11) is 0. The second-order valence-electron chi connectivity index (χ2n) is 4.31. The summed E-state index contributed by atoms with van der Waals surface area (Å²) in [4.78, 5) is 0. The molecule has 88 valence electrons. The van der Waals surface area contributed by atoms with E-state index in [0.29, 0.717) is 12.0 Å². The second-order valence-corrected chi connectivity index (χ2v) is 5.57. The fourth-order valence-electron chi connectivity index (χ4n) is 2.31. The lowest BCUT2D eigenvalue weighted by atomic mass is 10.0. The van der Waals surface area contributed by atoms with Crippen molar-refractivity contribution in [3.8, 4) is 0 Å². The third kappa shape index (κ3) is 2.70. The van der Waals surface area contributed by atoms with Crippen LogP contribution in [0.4, 0.5) is 5.69 Å². The summed E-state index contributed by atoms with van der Waals surface area (Å²) >= 11 is 9.39. The zero-order chi connectivity index (χ0) is 11.5. The first kappa shape index (κ1) is 12.2. The highest BCUT2D eigenvalue weighted by molar-refractivity contribution is 9.10. The topological polar surface area (TPSA) is 38.0 Å². The third-order valence-electron chi connectivity index (χ3n) is 3.23. The van der Waals surface area contributed by atoms with E-state index in [1.165, 1.54) is 19.3 Å². The minimum atomic E-state index is 0.512. The van der Waals surface area contributed by atoms with Gasteiger partial charge in [0.2, 0.25) is 0 Å². The van der Waals surface area contributed by atoms with Crippen LogP contribution in [0.1, 0.15) is 19.3 Å². The highest BCUT2D eigenvalue weighted by Crippen LogP contribution is 2.30. The molecule has 1 saturated carbocycles. The highest BCUT2D eigenvalue weighted by atomic mass is 79.9. The number of hydrogen-bond acceptors (Lipinski definition) is 2. The van der Waals surface area contributed by atoms with Crippen molar-refractivity contribution in [2.45, 2.75) is 25.3 Å². The molecule has 0 bridgehead atoms. The Hall–Kier alpha value is -0.250. The average Bonchev–Trinajstić information content (AvgIpc) is 2.71. The van der Waals surface area contributed by atoms with Crippen LogP contribution in [0.5, 0.6) is 0 Å². The van der Waals surface area contributed by atoms with E-state index in [0.717, 1.165) is 21.7 Å². The van der Waals surface area contributed by atoms with Crippen LogP contribution >= 0.6 is 27.5 Å². The van der Waals surface area contributed by atoms with Crippen molar-refractivity contribution in [1.82, 2.24) is 0 Å². The van der Waals surface area contributed by atoms with Gasteiger partial charge in [-0.25, -0.2) is 0 Å². The fraction of sp³-hybridized carbons (Fsp3) is 0.500. The van der Waals surface area contributed by atoms with Gasteiger partial charge in [-0.3, -0.25) is 0 Å². The monoisotopic (exact) mass is 302 g/mol. The van der Waals surface area contributed by atoms with E-state index < -0.39 is 0 Å². The number of anilines is 1. The lowest BCUT2D eigenvalue weighted by Gasteiger charge is -2.20. The minimum absolute atomic E-state index is 0.512. The van der Waals surface area contributed by atoms with Crippen molar-refractivity contribution in [2.24, 2.45) is 11.7 Å². The molecule has 2 rings (SSSR count). The van der Waals surface area contributed by atoms with Crippen molar-refractivity contribution in [1.29, 1.82) is 0 Å². The molecule has 1 aliphatic carbocycles. The maximum atomic E-state index is 5.96. The molecule has 0 aliphatic heterocycles. The number of hydrogen-bond donors (Lipinski definition) is 2. The Balaban J connectivity index is 2.05. The zero-order valence-electron chi connectivity index (χ0n) is 9.05. The van der Waals surface area contributed by atoms with Gasteiger partial charge >= 0.3 is 0 Å². The lowest BCUT2D eigenvalue weighted by Crippen LogP contribution is -2.29. The summed E-state index contributed by atoms with van der Waals surface area (Å²) in [5.41, 5.74) is 6.87. The molecule has 2 nitrogen and oxygen atoms in total. The molecule has 0 aromatic heterocycles. The van der Waals surface area contributed by atoms with Gasteiger partial charge < -0.3 is 11.1 Å². The summed E-state index contributed by atoms with van der Waals surface area (Å²) in [5.74, 6) is 0.606. The van der Waals surface area contributed by atoms with Gasteiger partial charge in [0, 0.05) is 16.2 Å². The highest BCUT2D eigenvalue weighted by Gasteiger charge is 2.25. The van der Waals surface area contributed by atoms with Gasteiger partial charge in [-0.2, -0.15) is 0 Å². The van der Waals surface area contributed by atoms with Crippen molar-refractivity contribution in [3.63, 3.8) is 0 Å². The van der Waals surface area contributed by atoms with Crippen LogP contribution in [0.15, 0.2) is 22.7 Å². The van der Waals surface area contributed by atoms with Crippen LogP contribution in [-0.4, -0.2) is 12.6 Å². The molecule has 0 saturated heterocycles. The molecule has 0 spiro atoms. The molecule has 1 fully saturated rings. The normalized spacial score (nSPS) is 24.7. The smallest absolute Gasteiger partial charge is 0.0549 e. The van der Waals surface area contributed by atoms with Gasteiger partial charge in [-0.05, 0) is 59.4 Å². The summed E-state index contributed by atoms with van der Waals surface area (Å²) < 4.78 is 0.932. The van der Waals surface area contributed by atoms with Gasteiger partial charge in [0.05, 0.1) is 5.02 Å². The quantitative estimate of drug-likeness (QED) is 0.894. The standard InChI is InChI=1S/C12H16BrClN2/c13-10-6-9(4-5-11(10)14)16-12-3-1-2-8(12)7-15/h4-6,8,12,16H,1-3,7,15H2. The SMILES string of the molecule is NCC1CCCC1Nc1ccc(Cl)c(Br)c1. The predicted octanol–water partition coefficient (Wildman–Crippen LogP) is 3.64. The molecule has 16 heavy (non-hydrogen) atoms. The molecule has 1 aromatic carbocycles. The van der Waals surface area contributed by atoms with E-state index in [2.05, 4.69) is 21.2 Å². The summed E-state index contributed by atoms with van der Waals surface area (Å²) in [6.07, 6.45) is 3.72. The van der Waals surface area contributed by atoms with E-state index in [1.54, 1.807) is 0 Å². The van der Waals surface area contributed by atoms with E-state index in [9.17, 15) is 0 Å². The van der Waals surface area contributed by atoms with Gasteiger partial charge in [-0.15, -0.1) is 0 Å². The van der Waals surface area contributed by atoms with Crippen LogP contribution in [0.2, 0.25) is 5.02 Å². The molecular weight excluding hydrogens is 288 g/mol. The molecule has 2 atom stereocenters. The zero-order valence-corrected chi connectivity index (χ0v) is 11.4. The number of benzene rings is 1. The van der Waals surface area contributed by atoms with Crippen LogP contribution in [0, 0.1) is 5.92 Å². The van der Waals surface area contributed by atoms with Crippen LogP contribution in [0.25, 0.3) is 0 Å². The van der Waals surface area contributed by atoms with Gasteiger partial charge in [0.15, 0.2) is 0 Å². The Labute approximate surface area is 110 Å². The second kappa shape index (κ2) is 5.39. The first-order valence-electron chi connectivity index (χ1n) is 5.62. The maximum Gasteiger partial charge on any atom is 0.0549 e. The van der Waals surface area contributed by atoms with Crippen molar-refractivity contribution < 1.29 is 0 Å². The molecule has 1 aromatic rings. The maximum absolute atomic E-state index is 5.96. The van der Waals surface area contributed by atoms with Crippen molar-refractivity contribution in [2.75, 3.05) is 11.9 Å². The van der Waals surface area contributed by atoms with E-state index in [1.807, 2.05) is 18.2 Å².